The second kappa shape index (κ2) is 4.02. The van der Waals surface area contributed by atoms with Gasteiger partial charge in [-0.05, 0) is 49.9 Å². The zero-order valence-electron chi connectivity index (χ0n) is 9.98. The van der Waals surface area contributed by atoms with Crippen molar-refractivity contribution in [3.05, 3.63) is 30.1 Å². The Labute approximate surface area is 99.9 Å². The highest BCUT2D eigenvalue weighted by Gasteiger charge is 2.50. The number of aliphatic carboxylic acids is 1. The maximum atomic E-state index is 12.8. The van der Waals surface area contributed by atoms with Crippen molar-refractivity contribution in [3.63, 3.8) is 0 Å². The molecule has 0 heterocycles. The van der Waals surface area contributed by atoms with E-state index in [0.717, 1.165) is 18.5 Å². The van der Waals surface area contributed by atoms with Gasteiger partial charge in [0.15, 0.2) is 0 Å². The van der Waals surface area contributed by atoms with Crippen LogP contribution in [0.25, 0.3) is 0 Å². The molecule has 17 heavy (non-hydrogen) atoms. The van der Waals surface area contributed by atoms with E-state index in [1.54, 1.807) is 31.0 Å². The summed E-state index contributed by atoms with van der Waals surface area (Å²) in [5.41, 5.74) is -0.180. The molecule has 4 heteroatoms. The zero-order chi connectivity index (χ0) is 12.6. The number of carboxylic acid groups (broad SMARTS) is 1. The Morgan fingerprint density at radius 1 is 1.41 bits per heavy atom. The van der Waals surface area contributed by atoms with E-state index in [1.165, 1.54) is 12.1 Å². The Kier molecular flexibility index (Phi) is 2.81. The minimum Gasteiger partial charge on any atom is -0.479 e. The first-order valence-corrected chi connectivity index (χ1v) is 5.69. The third-order valence-electron chi connectivity index (χ3n) is 3.72. The summed E-state index contributed by atoms with van der Waals surface area (Å²) in [6, 6.07) is 5.92. The molecule has 1 saturated carbocycles. The van der Waals surface area contributed by atoms with Crippen LogP contribution in [-0.4, -0.2) is 23.7 Å². The Morgan fingerprint density at radius 2 is 1.94 bits per heavy atom. The standard InChI is InChI=1S/C13H16FNO2/c1-13(12(16)17,9-3-4-9)15(2)11-7-5-10(14)6-8-11/h5-9H,3-4H2,1-2H3,(H,16,17). The van der Waals surface area contributed by atoms with Gasteiger partial charge in [0.1, 0.15) is 11.4 Å². The molecule has 0 radical (unpaired) electrons. The molecule has 0 spiro atoms. The molecule has 2 rings (SSSR count). The van der Waals surface area contributed by atoms with Gasteiger partial charge in [0.2, 0.25) is 0 Å². The first-order chi connectivity index (χ1) is 7.96. The van der Waals surface area contributed by atoms with Gasteiger partial charge in [0, 0.05) is 12.7 Å². The number of carboxylic acids is 1. The average molecular weight is 237 g/mol. The van der Waals surface area contributed by atoms with Crippen LogP contribution in [0.15, 0.2) is 24.3 Å². The molecule has 1 aliphatic rings. The van der Waals surface area contributed by atoms with Gasteiger partial charge >= 0.3 is 5.97 Å². The molecule has 1 aromatic rings. The Morgan fingerprint density at radius 3 is 2.35 bits per heavy atom. The molecule has 92 valence electrons. The average Bonchev–Trinajstić information content (AvgIpc) is 3.12. The molecule has 3 nitrogen and oxygen atoms in total. The first kappa shape index (κ1) is 11.9. The van der Waals surface area contributed by atoms with E-state index in [-0.39, 0.29) is 11.7 Å². The van der Waals surface area contributed by atoms with Crippen LogP contribution >= 0.6 is 0 Å². The van der Waals surface area contributed by atoms with E-state index < -0.39 is 11.5 Å². The lowest BCUT2D eigenvalue weighted by Crippen LogP contribution is -2.52. The van der Waals surface area contributed by atoms with E-state index in [1.807, 2.05) is 0 Å². The molecule has 1 N–H and O–H groups in total. The molecular weight excluding hydrogens is 221 g/mol. The van der Waals surface area contributed by atoms with Gasteiger partial charge in [0.05, 0.1) is 0 Å². The van der Waals surface area contributed by atoms with Crippen LogP contribution in [0.5, 0.6) is 0 Å². The second-order valence-electron chi connectivity index (χ2n) is 4.76. The van der Waals surface area contributed by atoms with E-state index >= 15 is 0 Å². The SMILES string of the molecule is CN(c1ccc(F)cc1)C(C)(C(=O)O)C1CC1. The molecule has 0 aliphatic heterocycles. The summed E-state index contributed by atoms with van der Waals surface area (Å²) < 4.78 is 12.8. The van der Waals surface area contributed by atoms with E-state index in [2.05, 4.69) is 0 Å². The fraction of sp³-hybridized carbons (Fsp3) is 0.462. The number of hydrogen-bond acceptors (Lipinski definition) is 2. The quantitative estimate of drug-likeness (QED) is 0.874. The second-order valence-corrected chi connectivity index (χ2v) is 4.76. The number of anilines is 1. The normalized spacial score (nSPS) is 18.5. The largest absolute Gasteiger partial charge is 0.479 e. The minimum atomic E-state index is -0.905. The van der Waals surface area contributed by atoms with Gasteiger partial charge in [-0.3, -0.25) is 0 Å². The number of likely N-dealkylation sites (N-methyl/N-ethyl adjacent to an activating group) is 1. The van der Waals surface area contributed by atoms with Crippen molar-refractivity contribution < 1.29 is 14.3 Å². The molecule has 1 fully saturated rings. The van der Waals surface area contributed by atoms with Gasteiger partial charge in [-0.2, -0.15) is 0 Å². The molecule has 1 atom stereocenters. The summed E-state index contributed by atoms with van der Waals surface area (Å²) in [6.07, 6.45) is 1.88. The molecule has 1 aliphatic carbocycles. The first-order valence-electron chi connectivity index (χ1n) is 5.69. The summed E-state index contributed by atoms with van der Waals surface area (Å²) in [5, 5.41) is 9.41. The van der Waals surface area contributed by atoms with Gasteiger partial charge in [0.25, 0.3) is 0 Å². The highest BCUT2D eigenvalue weighted by atomic mass is 19.1. The van der Waals surface area contributed by atoms with Crippen LogP contribution in [0, 0.1) is 11.7 Å². The number of nitrogens with zero attached hydrogens (tertiary/aromatic N) is 1. The zero-order valence-corrected chi connectivity index (χ0v) is 9.98. The molecule has 1 aromatic carbocycles. The summed E-state index contributed by atoms with van der Waals surface area (Å²) in [7, 11) is 1.75. The van der Waals surface area contributed by atoms with E-state index in [0.29, 0.717) is 0 Å². The summed E-state index contributed by atoms with van der Waals surface area (Å²) >= 11 is 0. The number of halogens is 1. The monoisotopic (exact) mass is 237 g/mol. The smallest absolute Gasteiger partial charge is 0.329 e. The molecule has 0 amide bonds. The van der Waals surface area contributed by atoms with Crippen molar-refractivity contribution >= 4 is 11.7 Å². The predicted octanol–water partition coefficient (Wildman–Crippen LogP) is 2.52. The lowest BCUT2D eigenvalue weighted by molar-refractivity contribution is -0.143. The number of benzene rings is 1. The van der Waals surface area contributed by atoms with Gasteiger partial charge < -0.3 is 10.0 Å². The van der Waals surface area contributed by atoms with Crippen molar-refractivity contribution in [1.29, 1.82) is 0 Å². The van der Waals surface area contributed by atoms with Gasteiger partial charge in [-0.25, -0.2) is 9.18 Å². The Bertz CT molecular complexity index is 428. The van der Waals surface area contributed by atoms with Crippen molar-refractivity contribution in [2.75, 3.05) is 11.9 Å². The molecular formula is C13H16FNO2. The van der Waals surface area contributed by atoms with E-state index in [4.69, 9.17) is 0 Å². The van der Waals surface area contributed by atoms with Gasteiger partial charge in [-0.15, -0.1) is 0 Å². The van der Waals surface area contributed by atoms with Crippen molar-refractivity contribution in [3.8, 4) is 0 Å². The highest BCUT2D eigenvalue weighted by Crippen LogP contribution is 2.44. The fourth-order valence-electron chi connectivity index (χ4n) is 2.17. The molecule has 0 saturated heterocycles. The third-order valence-corrected chi connectivity index (χ3v) is 3.72. The number of carbonyl (C=O) groups is 1. The Balaban J connectivity index is 2.31. The third kappa shape index (κ3) is 1.99. The summed E-state index contributed by atoms with van der Waals surface area (Å²) in [5.74, 6) is -0.965. The fourth-order valence-corrected chi connectivity index (χ4v) is 2.17. The van der Waals surface area contributed by atoms with Crippen LogP contribution in [0.4, 0.5) is 10.1 Å². The summed E-state index contributed by atoms with van der Waals surface area (Å²) in [4.78, 5) is 13.2. The maximum Gasteiger partial charge on any atom is 0.329 e. The van der Waals surface area contributed by atoms with Crippen LogP contribution in [0.1, 0.15) is 19.8 Å². The number of hydrogen-bond donors (Lipinski definition) is 1. The minimum absolute atomic E-state index is 0.176. The molecule has 1 unspecified atom stereocenters. The Hall–Kier alpha value is -1.58. The van der Waals surface area contributed by atoms with Crippen molar-refractivity contribution in [1.82, 2.24) is 0 Å². The van der Waals surface area contributed by atoms with Crippen molar-refractivity contribution in [2.24, 2.45) is 5.92 Å². The topological polar surface area (TPSA) is 40.5 Å². The molecule has 0 aromatic heterocycles. The highest BCUT2D eigenvalue weighted by molar-refractivity contribution is 5.84. The van der Waals surface area contributed by atoms with Crippen LogP contribution < -0.4 is 4.90 Å². The van der Waals surface area contributed by atoms with Crippen molar-refractivity contribution in [2.45, 2.75) is 25.3 Å². The maximum absolute atomic E-state index is 12.8. The van der Waals surface area contributed by atoms with Crippen LogP contribution in [0.2, 0.25) is 0 Å². The van der Waals surface area contributed by atoms with Crippen LogP contribution in [-0.2, 0) is 4.79 Å². The lowest BCUT2D eigenvalue weighted by Gasteiger charge is -2.37. The van der Waals surface area contributed by atoms with Crippen LogP contribution in [0.3, 0.4) is 0 Å². The predicted molar refractivity (Wildman–Crippen MR) is 63.6 cm³/mol. The van der Waals surface area contributed by atoms with Gasteiger partial charge in [-0.1, -0.05) is 0 Å². The summed E-state index contributed by atoms with van der Waals surface area (Å²) in [6.45, 7) is 1.73. The molecule has 0 bridgehead atoms. The lowest BCUT2D eigenvalue weighted by atomic mass is 9.93. The number of rotatable bonds is 4. The van der Waals surface area contributed by atoms with E-state index in [9.17, 15) is 14.3 Å².